The highest BCUT2D eigenvalue weighted by atomic mass is 16.3. The van der Waals surface area contributed by atoms with E-state index in [0.29, 0.717) is 5.89 Å². The molecule has 0 amide bonds. The lowest BCUT2D eigenvalue weighted by atomic mass is 9.98. The fraction of sp³-hybridized carbons (Fsp3) is 0. The van der Waals surface area contributed by atoms with Crippen molar-refractivity contribution in [3.05, 3.63) is 200 Å². The summed E-state index contributed by atoms with van der Waals surface area (Å²) in [6.07, 6.45) is 0. The van der Waals surface area contributed by atoms with Crippen LogP contribution in [-0.4, -0.2) is 9.55 Å². The number of hydrogen-bond donors (Lipinski definition) is 0. The molecule has 0 radical (unpaired) electrons. The molecule has 0 fully saturated rings. The van der Waals surface area contributed by atoms with Crippen molar-refractivity contribution >= 4 is 71.5 Å². The Kier molecular flexibility index (Phi) is 7.14. The number of fused-ring (bicyclic) bond motifs is 7. The third kappa shape index (κ3) is 5.11. The van der Waals surface area contributed by atoms with Crippen molar-refractivity contribution in [3.8, 4) is 28.3 Å². The molecule has 0 aliphatic carbocycles. The van der Waals surface area contributed by atoms with E-state index in [0.717, 1.165) is 55.7 Å². The SMILES string of the molecule is c1ccc(-c2nc3c(ccc4c(N(c5ccc(-c6cccc7ccccc67)cc5)c5ccc6c(c5)c5ccccc5n6-c5ccccc5)cccc43)o2)cc1. The molecule has 4 nitrogen and oxygen atoms in total. The quantitative estimate of drug-likeness (QED) is 0.173. The lowest BCUT2D eigenvalue weighted by molar-refractivity contribution is 0.620. The number of rotatable bonds is 6. The Bertz CT molecular complexity index is 3190. The van der Waals surface area contributed by atoms with Gasteiger partial charge in [-0.25, -0.2) is 4.98 Å². The molecule has 9 aromatic carbocycles. The van der Waals surface area contributed by atoms with E-state index in [1.54, 1.807) is 0 Å². The standard InChI is InChI=1S/C51H33N3O/c1-3-14-36(15-4-1)51-52-50-44-22-12-24-46(43(44)30-32-49(50)55-51)53(38-27-25-35(26-28-38)41-21-11-16-34-13-7-8-19-40(34)41)39-29-31-48-45(33-39)42-20-9-10-23-47(42)54(48)37-17-5-2-6-18-37/h1-33H. The molecule has 0 saturated carbocycles. The molecule has 11 aromatic rings. The first-order chi connectivity index (χ1) is 27.3. The summed E-state index contributed by atoms with van der Waals surface area (Å²) < 4.78 is 8.68. The highest BCUT2D eigenvalue weighted by Gasteiger charge is 2.21. The Balaban J connectivity index is 1.13. The largest absolute Gasteiger partial charge is 0.436 e. The Morgan fingerprint density at radius 2 is 1.11 bits per heavy atom. The minimum absolute atomic E-state index is 0.620. The maximum Gasteiger partial charge on any atom is 0.227 e. The average Bonchev–Trinajstić information content (AvgIpc) is 3.85. The fourth-order valence-electron chi connectivity index (χ4n) is 8.28. The summed E-state index contributed by atoms with van der Waals surface area (Å²) in [7, 11) is 0. The van der Waals surface area contributed by atoms with Gasteiger partial charge in [-0.1, -0.05) is 121 Å². The van der Waals surface area contributed by atoms with Gasteiger partial charge in [0, 0.05) is 44.2 Å². The van der Waals surface area contributed by atoms with Crippen molar-refractivity contribution in [2.24, 2.45) is 0 Å². The maximum absolute atomic E-state index is 6.32. The van der Waals surface area contributed by atoms with Gasteiger partial charge < -0.3 is 13.9 Å². The Hall–Kier alpha value is -7.43. The molecule has 0 unspecified atom stereocenters. The molecule has 0 saturated heterocycles. The number of hydrogen-bond acceptors (Lipinski definition) is 3. The maximum atomic E-state index is 6.32. The Morgan fingerprint density at radius 1 is 0.436 bits per heavy atom. The van der Waals surface area contributed by atoms with Gasteiger partial charge in [-0.3, -0.25) is 0 Å². The van der Waals surface area contributed by atoms with Crippen molar-refractivity contribution in [2.45, 2.75) is 0 Å². The van der Waals surface area contributed by atoms with Crippen LogP contribution >= 0.6 is 0 Å². The molecule has 2 heterocycles. The van der Waals surface area contributed by atoms with Crippen molar-refractivity contribution in [1.29, 1.82) is 0 Å². The second-order valence-electron chi connectivity index (χ2n) is 14.0. The molecular formula is C51H33N3O. The van der Waals surface area contributed by atoms with Gasteiger partial charge in [-0.15, -0.1) is 0 Å². The number of benzene rings is 9. The highest BCUT2D eigenvalue weighted by Crippen LogP contribution is 2.44. The number of para-hydroxylation sites is 2. The number of anilines is 3. The van der Waals surface area contributed by atoms with Crippen LogP contribution in [0, 0.1) is 0 Å². The van der Waals surface area contributed by atoms with Crippen LogP contribution in [0.4, 0.5) is 17.1 Å². The molecule has 4 heteroatoms. The predicted molar refractivity (Wildman–Crippen MR) is 229 cm³/mol. The molecule has 0 bridgehead atoms. The van der Waals surface area contributed by atoms with Gasteiger partial charge in [-0.05, 0) is 101 Å². The summed E-state index contributed by atoms with van der Waals surface area (Å²) in [5, 5.41) is 7.02. The van der Waals surface area contributed by atoms with Gasteiger partial charge in [0.05, 0.1) is 16.7 Å². The van der Waals surface area contributed by atoms with Crippen LogP contribution in [0.3, 0.4) is 0 Å². The van der Waals surface area contributed by atoms with E-state index in [4.69, 9.17) is 9.40 Å². The topological polar surface area (TPSA) is 34.2 Å². The zero-order valence-corrected chi connectivity index (χ0v) is 29.8. The van der Waals surface area contributed by atoms with Gasteiger partial charge in [0.2, 0.25) is 5.89 Å². The van der Waals surface area contributed by atoms with Crippen molar-refractivity contribution in [2.75, 3.05) is 4.90 Å². The van der Waals surface area contributed by atoms with Gasteiger partial charge in [0.15, 0.2) is 5.58 Å². The van der Waals surface area contributed by atoms with Gasteiger partial charge in [-0.2, -0.15) is 0 Å². The molecule has 0 aliphatic rings. The summed E-state index contributed by atoms with van der Waals surface area (Å²) in [6.45, 7) is 0. The third-order valence-electron chi connectivity index (χ3n) is 10.8. The molecule has 0 aliphatic heterocycles. The fourth-order valence-corrected chi connectivity index (χ4v) is 8.28. The summed E-state index contributed by atoms with van der Waals surface area (Å²) in [5.41, 5.74) is 11.7. The van der Waals surface area contributed by atoms with E-state index in [1.807, 2.05) is 30.3 Å². The normalized spacial score (nSPS) is 11.6. The third-order valence-corrected chi connectivity index (χ3v) is 10.8. The Labute approximate surface area is 317 Å². The molecular weight excluding hydrogens is 671 g/mol. The first-order valence-electron chi connectivity index (χ1n) is 18.6. The summed E-state index contributed by atoms with van der Waals surface area (Å²) in [6, 6.07) is 71.1. The van der Waals surface area contributed by atoms with Crippen molar-refractivity contribution in [3.63, 3.8) is 0 Å². The molecule has 258 valence electrons. The van der Waals surface area contributed by atoms with Crippen LogP contribution in [-0.2, 0) is 0 Å². The first-order valence-corrected chi connectivity index (χ1v) is 18.6. The minimum Gasteiger partial charge on any atom is -0.436 e. The van der Waals surface area contributed by atoms with Crippen LogP contribution < -0.4 is 4.90 Å². The molecule has 0 N–H and O–H groups in total. The van der Waals surface area contributed by atoms with E-state index in [9.17, 15) is 0 Å². The molecule has 55 heavy (non-hydrogen) atoms. The van der Waals surface area contributed by atoms with Crippen LogP contribution in [0.5, 0.6) is 0 Å². The van der Waals surface area contributed by atoms with E-state index in [1.165, 1.54) is 38.2 Å². The van der Waals surface area contributed by atoms with Crippen molar-refractivity contribution < 1.29 is 4.42 Å². The van der Waals surface area contributed by atoms with E-state index in [-0.39, 0.29) is 0 Å². The summed E-state index contributed by atoms with van der Waals surface area (Å²) in [5.74, 6) is 0.620. The molecule has 11 rings (SSSR count). The lowest BCUT2D eigenvalue weighted by Crippen LogP contribution is -2.10. The summed E-state index contributed by atoms with van der Waals surface area (Å²) in [4.78, 5) is 7.43. The Morgan fingerprint density at radius 3 is 1.96 bits per heavy atom. The van der Waals surface area contributed by atoms with Crippen LogP contribution in [0.2, 0.25) is 0 Å². The number of nitrogens with zero attached hydrogens (tertiary/aromatic N) is 3. The first kappa shape index (κ1) is 31.1. The smallest absolute Gasteiger partial charge is 0.227 e. The zero-order chi connectivity index (χ0) is 36.3. The molecule has 2 aromatic heterocycles. The van der Waals surface area contributed by atoms with Crippen LogP contribution in [0.15, 0.2) is 205 Å². The van der Waals surface area contributed by atoms with Gasteiger partial charge >= 0.3 is 0 Å². The number of oxazole rings is 1. The predicted octanol–water partition coefficient (Wildman–Crippen LogP) is 14.0. The van der Waals surface area contributed by atoms with E-state index in [2.05, 4.69) is 179 Å². The van der Waals surface area contributed by atoms with Crippen LogP contribution in [0.1, 0.15) is 0 Å². The van der Waals surface area contributed by atoms with Gasteiger partial charge in [0.25, 0.3) is 0 Å². The minimum atomic E-state index is 0.620. The second-order valence-corrected chi connectivity index (χ2v) is 14.0. The number of aromatic nitrogens is 2. The van der Waals surface area contributed by atoms with E-state index >= 15 is 0 Å². The molecule has 0 spiro atoms. The van der Waals surface area contributed by atoms with Crippen LogP contribution in [0.25, 0.3) is 82.7 Å². The monoisotopic (exact) mass is 703 g/mol. The second kappa shape index (κ2) is 12.6. The van der Waals surface area contributed by atoms with Gasteiger partial charge in [0.1, 0.15) is 5.52 Å². The van der Waals surface area contributed by atoms with E-state index < -0.39 is 0 Å². The van der Waals surface area contributed by atoms with Crippen molar-refractivity contribution in [1.82, 2.24) is 9.55 Å². The summed E-state index contributed by atoms with van der Waals surface area (Å²) >= 11 is 0. The lowest BCUT2D eigenvalue weighted by Gasteiger charge is -2.27. The average molecular weight is 704 g/mol. The molecule has 0 atom stereocenters. The highest BCUT2D eigenvalue weighted by molar-refractivity contribution is 6.13. The zero-order valence-electron chi connectivity index (χ0n) is 29.8.